The zero-order chi connectivity index (χ0) is 14.0. The first-order chi connectivity index (χ1) is 8.86. The van der Waals surface area contributed by atoms with Crippen molar-refractivity contribution in [1.29, 1.82) is 0 Å². The molecule has 9 heteroatoms. The predicted molar refractivity (Wildman–Crippen MR) is 65.7 cm³/mol. The van der Waals surface area contributed by atoms with Crippen molar-refractivity contribution in [2.75, 3.05) is 11.1 Å². The largest absolute Gasteiger partial charge is 0.413 e. The van der Waals surface area contributed by atoms with Crippen LogP contribution in [0.15, 0.2) is 17.5 Å². The topological polar surface area (TPSA) is 76.7 Å². The smallest absolute Gasteiger partial charge is 0.368 e. The van der Waals surface area contributed by atoms with Crippen LogP contribution >= 0.6 is 11.3 Å². The lowest BCUT2D eigenvalue weighted by atomic mass is 10.2. The van der Waals surface area contributed by atoms with E-state index in [9.17, 15) is 13.2 Å². The maximum absolute atomic E-state index is 13.0. The van der Waals surface area contributed by atoms with Crippen LogP contribution < -0.4 is 11.1 Å². The quantitative estimate of drug-likeness (QED) is 0.908. The highest BCUT2D eigenvalue weighted by atomic mass is 32.1. The number of alkyl halides is 3. The summed E-state index contributed by atoms with van der Waals surface area (Å²) in [4.78, 5) is 11.3. The molecule has 2 heterocycles. The zero-order valence-corrected chi connectivity index (χ0v) is 10.6. The molecule has 0 aliphatic rings. The maximum Gasteiger partial charge on any atom is 0.413 e. The van der Waals surface area contributed by atoms with E-state index in [0.29, 0.717) is 0 Å². The van der Waals surface area contributed by atoms with E-state index in [0.717, 1.165) is 11.3 Å². The molecule has 0 saturated carbocycles. The van der Waals surface area contributed by atoms with Crippen molar-refractivity contribution in [2.24, 2.45) is 0 Å². The average Bonchev–Trinajstić information content (AvgIpc) is 2.75. The van der Waals surface area contributed by atoms with Gasteiger partial charge in [0, 0.05) is 4.88 Å². The number of nitrogens with zero attached hydrogens (tertiary/aromatic N) is 3. The molecule has 2 aromatic rings. The Morgan fingerprint density at radius 2 is 2.05 bits per heavy atom. The van der Waals surface area contributed by atoms with E-state index in [2.05, 4.69) is 20.3 Å². The highest BCUT2D eigenvalue weighted by Gasteiger charge is 2.42. The first kappa shape index (κ1) is 13.5. The number of anilines is 2. The molecule has 3 N–H and O–H groups in total. The minimum Gasteiger partial charge on any atom is -0.368 e. The molecule has 1 atom stereocenters. The molecule has 0 saturated heterocycles. The van der Waals surface area contributed by atoms with Gasteiger partial charge in [0.1, 0.15) is 5.82 Å². The third-order valence-corrected chi connectivity index (χ3v) is 3.13. The Bertz CT molecular complexity index is 535. The molecule has 1 unspecified atom stereocenters. The van der Waals surface area contributed by atoms with Crippen molar-refractivity contribution >= 4 is 23.2 Å². The van der Waals surface area contributed by atoms with Crippen LogP contribution in [0.3, 0.4) is 0 Å². The highest BCUT2D eigenvalue weighted by Crippen LogP contribution is 2.36. The summed E-state index contributed by atoms with van der Waals surface area (Å²) in [6.07, 6.45) is -4.46. The second-order valence-corrected chi connectivity index (χ2v) is 4.68. The van der Waals surface area contributed by atoms with Gasteiger partial charge in [0.25, 0.3) is 0 Å². The van der Waals surface area contributed by atoms with Crippen LogP contribution in [0.4, 0.5) is 25.1 Å². The van der Waals surface area contributed by atoms with Crippen molar-refractivity contribution in [3.8, 4) is 0 Å². The number of hydrogen-bond acceptors (Lipinski definition) is 6. The molecular weight excluding hydrogens is 279 g/mol. The standard InChI is InChI=1S/C10H10F3N5S/c1-5-15-8(14)18-9(16-5)17-7(10(11,12)13)6-3-2-4-19-6/h2-4,7H,1H3,(H3,14,15,16,17,18). The number of nitrogens with one attached hydrogen (secondary N) is 1. The van der Waals surface area contributed by atoms with Crippen LogP contribution in [0, 0.1) is 6.92 Å². The van der Waals surface area contributed by atoms with Crippen LogP contribution in [0.2, 0.25) is 0 Å². The summed E-state index contributed by atoms with van der Waals surface area (Å²) in [5, 5.41) is 3.82. The van der Waals surface area contributed by atoms with Gasteiger partial charge in [-0.15, -0.1) is 11.3 Å². The normalized spacial score (nSPS) is 13.3. The van der Waals surface area contributed by atoms with Gasteiger partial charge in [-0.25, -0.2) is 0 Å². The van der Waals surface area contributed by atoms with Crippen molar-refractivity contribution in [3.63, 3.8) is 0 Å². The summed E-state index contributed by atoms with van der Waals surface area (Å²) < 4.78 is 39.0. The molecular formula is C10H10F3N5S. The van der Waals surface area contributed by atoms with Crippen molar-refractivity contribution in [3.05, 3.63) is 28.2 Å². The summed E-state index contributed by atoms with van der Waals surface area (Å²) in [6.45, 7) is 1.52. The maximum atomic E-state index is 13.0. The molecule has 19 heavy (non-hydrogen) atoms. The third-order valence-electron chi connectivity index (χ3n) is 2.19. The number of nitrogen functional groups attached to an aromatic ring is 1. The Morgan fingerprint density at radius 3 is 2.58 bits per heavy atom. The molecule has 0 spiro atoms. The lowest BCUT2D eigenvalue weighted by molar-refractivity contribution is -0.143. The van der Waals surface area contributed by atoms with Gasteiger partial charge < -0.3 is 11.1 Å². The van der Waals surface area contributed by atoms with Crippen LogP contribution in [0.5, 0.6) is 0 Å². The fraction of sp³-hybridized carbons (Fsp3) is 0.300. The zero-order valence-electron chi connectivity index (χ0n) is 9.77. The second kappa shape index (κ2) is 5.00. The minimum absolute atomic E-state index is 0.123. The summed E-state index contributed by atoms with van der Waals surface area (Å²) in [5.41, 5.74) is 5.38. The number of thiophene rings is 1. The number of rotatable bonds is 3. The Hall–Kier alpha value is -1.90. The molecule has 0 aliphatic heterocycles. The monoisotopic (exact) mass is 289 g/mol. The van der Waals surface area contributed by atoms with Gasteiger partial charge in [-0.3, -0.25) is 0 Å². The van der Waals surface area contributed by atoms with E-state index in [1.165, 1.54) is 13.0 Å². The molecule has 2 aromatic heterocycles. The van der Waals surface area contributed by atoms with Crippen LogP contribution in [0.25, 0.3) is 0 Å². The van der Waals surface area contributed by atoms with E-state index < -0.39 is 12.2 Å². The van der Waals surface area contributed by atoms with Gasteiger partial charge in [-0.1, -0.05) is 6.07 Å². The fourth-order valence-corrected chi connectivity index (χ4v) is 2.27. The predicted octanol–water partition coefficient (Wildman–Crippen LogP) is 2.54. The number of aryl methyl sites for hydroxylation is 1. The molecule has 0 radical (unpaired) electrons. The average molecular weight is 289 g/mol. The minimum atomic E-state index is -4.46. The highest BCUT2D eigenvalue weighted by molar-refractivity contribution is 7.10. The van der Waals surface area contributed by atoms with Gasteiger partial charge >= 0.3 is 6.18 Å². The lowest BCUT2D eigenvalue weighted by Crippen LogP contribution is -2.28. The van der Waals surface area contributed by atoms with Gasteiger partial charge in [0.15, 0.2) is 6.04 Å². The first-order valence-electron chi connectivity index (χ1n) is 5.21. The summed E-state index contributed by atoms with van der Waals surface area (Å²) in [5.74, 6) is -0.0649. The second-order valence-electron chi connectivity index (χ2n) is 3.70. The summed E-state index contributed by atoms with van der Waals surface area (Å²) in [7, 11) is 0. The fourth-order valence-electron chi connectivity index (χ4n) is 1.47. The molecule has 102 valence electrons. The third kappa shape index (κ3) is 3.31. The summed E-state index contributed by atoms with van der Waals surface area (Å²) in [6, 6.07) is 1.08. The number of aromatic nitrogens is 3. The molecule has 2 rings (SSSR count). The molecule has 0 bridgehead atoms. The molecule has 0 aliphatic carbocycles. The van der Waals surface area contributed by atoms with Crippen molar-refractivity contribution < 1.29 is 13.2 Å². The molecule has 0 aromatic carbocycles. The van der Waals surface area contributed by atoms with E-state index in [1.54, 1.807) is 11.4 Å². The van der Waals surface area contributed by atoms with Gasteiger partial charge in [0.05, 0.1) is 0 Å². The summed E-state index contributed by atoms with van der Waals surface area (Å²) >= 11 is 1.00. The van der Waals surface area contributed by atoms with Crippen LogP contribution in [-0.2, 0) is 0 Å². The Labute approximate surface area is 110 Å². The molecule has 0 amide bonds. The SMILES string of the molecule is Cc1nc(N)nc(NC(c2cccs2)C(F)(F)F)n1. The van der Waals surface area contributed by atoms with Gasteiger partial charge in [-0.2, -0.15) is 28.1 Å². The van der Waals surface area contributed by atoms with E-state index in [1.807, 2.05) is 0 Å². The van der Waals surface area contributed by atoms with Crippen molar-refractivity contribution in [2.45, 2.75) is 19.1 Å². The lowest BCUT2D eigenvalue weighted by Gasteiger charge is -2.20. The number of halogens is 3. The van der Waals surface area contributed by atoms with Crippen LogP contribution in [0.1, 0.15) is 16.7 Å². The van der Waals surface area contributed by atoms with Crippen molar-refractivity contribution in [1.82, 2.24) is 15.0 Å². The number of hydrogen-bond donors (Lipinski definition) is 2. The molecule has 0 fully saturated rings. The van der Waals surface area contributed by atoms with E-state index >= 15 is 0 Å². The van der Waals surface area contributed by atoms with Crippen LogP contribution in [-0.4, -0.2) is 21.1 Å². The van der Waals surface area contributed by atoms with Gasteiger partial charge in [-0.05, 0) is 18.4 Å². The first-order valence-corrected chi connectivity index (χ1v) is 6.09. The Morgan fingerprint density at radius 1 is 1.32 bits per heavy atom. The van der Waals surface area contributed by atoms with E-state index in [4.69, 9.17) is 5.73 Å². The van der Waals surface area contributed by atoms with E-state index in [-0.39, 0.29) is 22.6 Å². The Kier molecular flexibility index (Phi) is 3.56. The van der Waals surface area contributed by atoms with Gasteiger partial charge in [0.2, 0.25) is 11.9 Å². The molecule has 5 nitrogen and oxygen atoms in total. The number of nitrogens with two attached hydrogens (primary N) is 1. The Balaban J connectivity index is 2.31.